The molecule has 19 heavy (non-hydrogen) atoms. The van der Waals surface area contributed by atoms with Gasteiger partial charge in [0.15, 0.2) is 0 Å². The second-order valence-electron chi connectivity index (χ2n) is 5.41. The third-order valence-electron chi connectivity index (χ3n) is 3.06. The Kier molecular flexibility index (Phi) is 8.31. The highest BCUT2D eigenvalue weighted by Crippen LogP contribution is 2.14. The molecule has 0 fully saturated rings. The predicted octanol–water partition coefficient (Wildman–Crippen LogP) is 4.53. The molecule has 1 aromatic rings. The highest BCUT2D eigenvalue weighted by atomic mass is 16.5. The average Bonchev–Trinajstić information content (AvgIpc) is 2.37. The van der Waals surface area contributed by atoms with E-state index < -0.39 is 0 Å². The fourth-order valence-corrected chi connectivity index (χ4v) is 2.09. The molecule has 0 saturated carbocycles. The molecular formula is C17H29NO. The van der Waals surface area contributed by atoms with E-state index in [2.05, 4.69) is 44.3 Å². The van der Waals surface area contributed by atoms with Crippen molar-refractivity contribution >= 4 is 0 Å². The van der Waals surface area contributed by atoms with Gasteiger partial charge in [0.05, 0.1) is 6.10 Å². The maximum atomic E-state index is 5.70. The minimum Gasteiger partial charge on any atom is -0.491 e. The van der Waals surface area contributed by atoms with Crippen LogP contribution in [-0.2, 0) is 6.54 Å². The molecule has 1 aromatic carbocycles. The maximum Gasteiger partial charge on any atom is 0.120 e. The lowest BCUT2D eigenvalue weighted by atomic mass is 10.1. The highest BCUT2D eigenvalue weighted by Gasteiger charge is 1.99. The third-order valence-corrected chi connectivity index (χ3v) is 3.06. The Morgan fingerprint density at radius 3 is 2.63 bits per heavy atom. The molecule has 0 aliphatic rings. The second kappa shape index (κ2) is 9.85. The van der Waals surface area contributed by atoms with Gasteiger partial charge in [-0.3, -0.25) is 0 Å². The van der Waals surface area contributed by atoms with Gasteiger partial charge in [-0.2, -0.15) is 0 Å². The monoisotopic (exact) mass is 263 g/mol. The second-order valence-corrected chi connectivity index (χ2v) is 5.41. The number of hydrogen-bond donors (Lipinski definition) is 1. The van der Waals surface area contributed by atoms with Crippen molar-refractivity contribution in [3.05, 3.63) is 29.8 Å². The summed E-state index contributed by atoms with van der Waals surface area (Å²) in [6.07, 6.45) is 6.92. The quantitative estimate of drug-likeness (QED) is 0.626. The zero-order valence-corrected chi connectivity index (χ0v) is 12.7. The Hall–Kier alpha value is -1.02. The SMILES string of the molecule is CCCCCCCNCc1cccc(OC(C)C)c1. The largest absolute Gasteiger partial charge is 0.491 e. The van der Waals surface area contributed by atoms with Gasteiger partial charge >= 0.3 is 0 Å². The lowest BCUT2D eigenvalue weighted by molar-refractivity contribution is 0.242. The Bertz CT molecular complexity index is 336. The van der Waals surface area contributed by atoms with Crippen LogP contribution in [-0.4, -0.2) is 12.6 Å². The van der Waals surface area contributed by atoms with Crippen molar-refractivity contribution in [2.45, 2.75) is 65.5 Å². The van der Waals surface area contributed by atoms with Crippen molar-refractivity contribution < 1.29 is 4.74 Å². The molecule has 0 heterocycles. The molecule has 0 saturated heterocycles. The molecule has 2 heteroatoms. The first-order chi connectivity index (χ1) is 9.22. The summed E-state index contributed by atoms with van der Waals surface area (Å²) in [5.74, 6) is 0.970. The molecular weight excluding hydrogens is 234 g/mol. The van der Waals surface area contributed by atoms with Gasteiger partial charge in [0, 0.05) is 6.54 Å². The summed E-state index contributed by atoms with van der Waals surface area (Å²) in [5.41, 5.74) is 1.30. The van der Waals surface area contributed by atoms with E-state index in [1.165, 1.54) is 37.7 Å². The van der Waals surface area contributed by atoms with Crippen molar-refractivity contribution in [1.29, 1.82) is 0 Å². The van der Waals surface area contributed by atoms with Gasteiger partial charge in [0.2, 0.25) is 0 Å². The molecule has 2 nitrogen and oxygen atoms in total. The molecule has 0 aliphatic heterocycles. The van der Waals surface area contributed by atoms with Crippen LogP contribution in [0, 0.1) is 0 Å². The standard InChI is InChI=1S/C17H29NO/c1-4-5-6-7-8-12-18-14-16-10-9-11-17(13-16)19-15(2)3/h9-11,13,15,18H,4-8,12,14H2,1-3H3. The first-order valence-corrected chi connectivity index (χ1v) is 7.68. The lowest BCUT2D eigenvalue weighted by Crippen LogP contribution is -2.14. The molecule has 0 bridgehead atoms. The summed E-state index contributed by atoms with van der Waals surface area (Å²) >= 11 is 0. The predicted molar refractivity (Wildman–Crippen MR) is 82.7 cm³/mol. The van der Waals surface area contributed by atoms with Gasteiger partial charge in [-0.05, 0) is 44.5 Å². The fraction of sp³-hybridized carbons (Fsp3) is 0.647. The Balaban J connectivity index is 2.18. The minimum atomic E-state index is 0.238. The topological polar surface area (TPSA) is 21.3 Å². The molecule has 0 unspecified atom stereocenters. The average molecular weight is 263 g/mol. The minimum absolute atomic E-state index is 0.238. The van der Waals surface area contributed by atoms with Crippen LogP contribution in [0.25, 0.3) is 0 Å². The fourth-order valence-electron chi connectivity index (χ4n) is 2.09. The van der Waals surface area contributed by atoms with E-state index in [4.69, 9.17) is 4.74 Å². The first-order valence-electron chi connectivity index (χ1n) is 7.68. The van der Waals surface area contributed by atoms with E-state index in [-0.39, 0.29) is 6.10 Å². The van der Waals surface area contributed by atoms with E-state index in [0.29, 0.717) is 0 Å². The molecule has 0 radical (unpaired) electrons. The van der Waals surface area contributed by atoms with Crippen LogP contribution < -0.4 is 10.1 Å². The number of ether oxygens (including phenoxy) is 1. The summed E-state index contributed by atoms with van der Waals surface area (Å²) in [6, 6.07) is 8.37. The Labute approximate surface area is 118 Å². The number of benzene rings is 1. The normalized spacial score (nSPS) is 10.9. The molecule has 1 rings (SSSR count). The molecule has 0 aromatic heterocycles. The summed E-state index contributed by atoms with van der Waals surface area (Å²) in [4.78, 5) is 0. The zero-order chi connectivity index (χ0) is 13.9. The number of unbranched alkanes of at least 4 members (excludes halogenated alkanes) is 4. The van der Waals surface area contributed by atoms with E-state index in [1.807, 2.05) is 6.07 Å². The molecule has 0 atom stereocenters. The van der Waals surface area contributed by atoms with Gasteiger partial charge in [-0.1, -0.05) is 44.7 Å². The van der Waals surface area contributed by atoms with Crippen molar-refractivity contribution in [3.8, 4) is 5.75 Å². The van der Waals surface area contributed by atoms with E-state index in [1.54, 1.807) is 0 Å². The van der Waals surface area contributed by atoms with Crippen LogP contribution in [0.15, 0.2) is 24.3 Å². The molecule has 0 spiro atoms. The van der Waals surface area contributed by atoms with Crippen molar-refractivity contribution in [3.63, 3.8) is 0 Å². The summed E-state index contributed by atoms with van der Waals surface area (Å²) in [5, 5.41) is 3.50. The smallest absolute Gasteiger partial charge is 0.120 e. The van der Waals surface area contributed by atoms with Gasteiger partial charge in [0.1, 0.15) is 5.75 Å². The van der Waals surface area contributed by atoms with Crippen molar-refractivity contribution in [1.82, 2.24) is 5.32 Å². The maximum absolute atomic E-state index is 5.70. The van der Waals surface area contributed by atoms with Crippen LogP contribution in [0.5, 0.6) is 5.75 Å². The van der Waals surface area contributed by atoms with Gasteiger partial charge in [-0.15, -0.1) is 0 Å². The van der Waals surface area contributed by atoms with Crippen molar-refractivity contribution in [2.24, 2.45) is 0 Å². The number of nitrogens with one attached hydrogen (secondary N) is 1. The third kappa shape index (κ3) is 7.89. The number of rotatable bonds is 10. The number of hydrogen-bond acceptors (Lipinski definition) is 2. The van der Waals surface area contributed by atoms with Gasteiger partial charge < -0.3 is 10.1 Å². The summed E-state index contributed by atoms with van der Waals surface area (Å²) in [6.45, 7) is 8.41. The van der Waals surface area contributed by atoms with Gasteiger partial charge in [0.25, 0.3) is 0 Å². The molecule has 108 valence electrons. The lowest BCUT2D eigenvalue weighted by Gasteiger charge is -2.11. The molecule has 0 aliphatic carbocycles. The summed E-state index contributed by atoms with van der Waals surface area (Å²) < 4.78 is 5.70. The highest BCUT2D eigenvalue weighted by molar-refractivity contribution is 5.28. The van der Waals surface area contributed by atoms with Crippen LogP contribution in [0.3, 0.4) is 0 Å². The zero-order valence-electron chi connectivity index (χ0n) is 12.7. The van der Waals surface area contributed by atoms with Crippen LogP contribution in [0.4, 0.5) is 0 Å². The Morgan fingerprint density at radius 1 is 1.11 bits per heavy atom. The molecule has 1 N–H and O–H groups in total. The summed E-state index contributed by atoms with van der Waals surface area (Å²) in [7, 11) is 0. The van der Waals surface area contributed by atoms with E-state index in [9.17, 15) is 0 Å². The van der Waals surface area contributed by atoms with Crippen LogP contribution in [0.1, 0.15) is 58.4 Å². The first kappa shape index (κ1) is 16.0. The van der Waals surface area contributed by atoms with Crippen molar-refractivity contribution in [2.75, 3.05) is 6.54 Å². The van der Waals surface area contributed by atoms with Crippen LogP contribution >= 0.6 is 0 Å². The molecule has 0 amide bonds. The van der Waals surface area contributed by atoms with E-state index >= 15 is 0 Å². The van der Waals surface area contributed by atoms with Crippen LogP contribution in [0.2, 0.25) is 0 Å². The van der Waals surface area contributed by atoms with Gasteiger partial charge in [-0.25, -0.2) is 0 Å². The van der Waals surface area contributed by atoms with E-state index in [0.717, 1.165) is 18.8 Å². The Morgan fingerprint density at radius 2 is 1.89 bits per heavy atom.